The van der Waals surface area contributed by atoms with E-state index >= 15 is 0 Å². The van der Waals surface area contributed by atoms with Crippen molar-refractivity contribution in [1.29, 1.82) is 0 Å². The first-order valence-electron chi connectivity index (χ1n) is 7.91. The second-order valence-electron chi connectivity index (χ2n) is 5.28. The summed E-state index contributed by atoms with van der Waals surface area (Å²) in [6.07, 6.45) is 2.30. The molecule has 0 radical (unpaired) electrons. The normalized spacial score (nSPS) is 11.8. The zero-order chi connectivity index (χ0) is 17.2. The zero-order valence-corrected chi connectivity index (χ0v) is 13.5. The van der Waals surface area contributed by atoms with Crippen molar-refractivity contribution < 1.29 is 23.1 Å². The molecule has 1 unspecified atom stereocenters. The number of rotatable bonds is 9. The van der Waals surface area contributed by atoms with Crippen LogP contribution >= 0.6 is 0 Å². The number of alkyl carbamates (subject to hydrolysis) is 1. The molecule has 1 aromatic carbocycles. The zero-order valence-electron chi connectivity index (χ0n) is 13.5. The molecule has 1 N–H and O–H groups in total. The molecule has 1 aromatic rings. The van der Waals surface area contributed by atoms with Gasteiger partial charge in [-0.05, 0) is 18.9 Å². The number of hydrogen-bond donors (Lipinski definition) is 1. The molecular formula is C17H23F2NO3. The summed E-state index contributed by atoms with van der Waals surface area (Å²) in [6.45, 7) is 4.07. The topological polar surface area (TPSA) is 55.4 Å². The van der Waals surface area contributed by atoms with Crippen LogP contribution in [-0.4, -0.2) is 18.5 Å². The van der Waals surface area contributed by atoms with Crippen LogP contribution in [0.1, 0.15) is 57.6 Å². The predicted molar refractivity (Wildman–Crippen MR) is 83.0 cm³/mol. The van der Waals surface area contributed by atoms with Crippen LogP contribution in [0.3, 0.4) is 0 Å². The molecule has 1 rings (SSSR count). The van der Waals surface area contributed by atoms with Gasteiger partial charge in [-0.3, -0.25) is 4.79 Å². The van der Waals surface area contributed by atoms with Crippen LogP contribution in [0.5, 0.6) is 0 Å². The molecule has 23 heavy (non-hydrogen) atoms. The lowest BCUT2D eigenvalue weighted by atomic mass is 9.98. The van der Waals surface area contributed by atoms with Crippen LogP contribution in [0.15, 0.2) is 18.2 Å². The SMILES string of the molecule is CCCCOC(=O)NC(C(=O)CCCC)c1cccc(F)c1F. The van der Waals surface area contributed by atoms with E-state index in [9.17, 15) is 18.4 Å². The van der Waals surface area contributed by atoms with Gasteiger partial charge in [0.25, 0.3) is 0 Å². The number of nitrogens with one attached hydrogen (secondary N) is 1. The number of halogens is 2. The standard InChI is InChI=1S/C17H23F2NO3/c1-3-5-10-14(21)16(20-17(22)23-11-6-4-2)12-8-7-9-13(18)15(12)19/h7-9,16H,3-6,10-11H2,1-2H3,(H,20,22). The fourth-order valence-corrected chi connectivity index (χ4v) is 2.04. The first-order chi connectivity index (χ1) is 11.0. The highest BCUT2D eigenvalue weighted by Gasteiger charge is 2.26. The Bertz CT molecular complexity index is 535. The number of unbranched alkanes of at least 4 members (excludes halogenated alkanes) is 2. The third kappa shape index (κ3) is 5.96. The van der Waals surface area contributed by atoms with Gasteiger partial charge < -0.3 is 10.1 Å². The molecule has 0 saturated carbocycles. The monoisotopic (exact) mass is 327 g/mol. The summed E-state index contributed by atoms with van der Waals surface area (Å²) in [7, 11) is 0. The van der Waals surface area contributed by atoms with Crippen molar-refractivity contribution in [3.63, 3.8) is 0 Å². The molecule has 0 aliphatic carbocycles. The molecule has 1 amide bonds. The summed E-state index contributed by atoms with van der Waals surface area (Å²) in [5.41, 5.74) is -0.182. The summed E-state index contributed by atoms with van der Waals surface area (Å²) in [6, 6.07) is 2.31. The lowest BCUT2D eigenvalue weighted by Crippen LogP contribution is -2.35. The fraction of sp³-hybridized carbons (Fsp3) is 0.529. The molecule has 0 bridgehead atoms. The number of benzene rings is 1. The number of ketones is 1. The van der Waals surface area contributed by atoms with Gasteiger partial charge in [-0.2, -0.15) is 0 Å². The Balaban J connectivity index is 2.91. The molecule has 0 heterocycles. The van der Waals surface area contributed by atoms with Gasteiger partial charge in [-0.1, -0.05) is 38.8 Å². The van der Waals surface area contributed by atoms with E-state index in [-0.39, 0.29) is 24.4 Å². The number of carbonyl (C=O) groups excluding carboxylic acids is 2. The minimum atomic E-state index is -1.24. The number of Topliss-reactive ketones (excluding diaryl/α,β-unsaturated/α-hetero) is 1. The van der Waals surface area contributed by atoms with E-state index in [2.05, 4.69) is 5.32 Å². The summed E-state index contributed by atoms with van der Waals surface area (Å²) in [4.78, 5) is 24.0. The Hall–Kier alpha value is -1.98. The van der Waals surface area contributed by atoms with Crippen molar-refractivity contribution >= 4 is 11.9 Å². The summed E-state index contributed by atoms with van der Waals surface area (Å²) >= 11 is 0. The van der Waals surface area contributed by atoms with E-state index in [1.54, 1.807) is 0 Å². The maximum absolute atomic E-state index is 14.0. The number of amides is 1. The van der Waals surface area contributed by atoms with Gasteiger partial charge in [0, 0.05) is 12.0 Å². The fourth-order valence-electron chi connectivity index (χ4n) is 2.04. The van der Waals surface area contributed by atoms with Crippen molar-refractivity contribution in [3.05, 3.63) is 35.4 Å². The molecule has 6 heteroatoms. The highest BCUT2D eigenvalue weighted by molar-refractivity contribution is 5.88. The van der Waals surface area contributed by atoms with Gasteiger partial charge >= 0.3 is 6.09 Å². The molecule has 4 nitrogen and oxygen atoms in total. The average molecular weight is 327 g/mol. The first-order valence-corrected chi connectivity index (χ1v) is 7.91. The van der Waals surface area contributed by atoms with Crippen molar-refractivity contribution in [1.82, 2.24) is 5.32 Å². The Morgan fingerprint density at radius 1 is 1.17 bits per heavy atom. The summed E-state index contributed by atoms with van der Waals surface area (Å²) in [5, 5.41) is 2.35. The van der Waals surface area contributed by atoms with E-state index in [4.69, 9.17) is 4.74 Å². The van der Waals surface area contributed by atoms with E-state index in [0.717, 1.165) is 18.9 Å². The summed E-state index contributed by atoms with van der Waals surface area (Å²) < 4.78 is 32.3. The smallest absolute Gasteiger partial charge is 0.407 e. The van der Waals surface area contributed by atoms with E-state index in [1.807, 2.05) is 13.8 Å². The maximum Gasteiger partial charge on any atom is 0.407 e. The average Bonchev–Trinajstić information content (AvgIpc) is 2.53. The first kappa shape index (κ1) is 19.1. The highest BCUT2D eigenvalue weighted by Crippen LogP contribution is 2.22. The van der Waals surface area contributed by atoms with Crippen LogP contribution in [0.25, 0.3) is 0 Å². The third-order valence-electron chi connectivity index (χ3n) is 3.38. The summed E-state index contributed by atoms with van der Waals surface area (Å²) in [5.74, 6) is -2.56. The molecule has 0 fully saturated rings. The Labute approximate surface area is 135 Å². The minimum Gasteiger partial charge on any atom is -0.450 e. The molecule has 0 aliphatic heterocycles. The van der Waals surface area contributed by atoms with Crippen molar-refractivity contribution in [2.24, 2.45) is 0 Å². The number of carbonyl (C=O) groups is 2. The van der Waals surface area contributed by atoms with Crippen LogP contribution in [0.2, 0.25) is 0 Å². The predicted octanol–water partition coefficient (Wildman–Crippen LogP) is 4.29. The second kappa shape index (κ2) is 9.92. The lowest BCUT2D eigenvalue weighted by molar-refractivity contribution is -0.121. The van der Waals surface area contributed by atoms with Gasteiger partial charge in [-0.25, -0.2) is 13.6 Å². The Kier molecular flexibility index (Phi) is 8.22. The Morgan fingerprint density at radius 2 is 1.87 bits per heavy atom. The minimum absolute atomic E-state index is 0.173. The van der Waals surface area contributed by atoms with Gasteiger partial charge in [0.05, 0.1) is 6.61 Å². The molecule has 0 spiro atoms. The molecule has 1 atom stereocenters. The van der Waals surface area contributed by atoms with Crippen molar-refractivity contribution in [2.45, 2.75) is 52.0 Å². The number of ether oxygens (including phenoxy) is 1. The molecule has 0 aromatic heterocycles. The van der Waals surface area contributed by atoms with Crippen LogP contribution in [0.4, 0.5) is 13.6 Å². The molecule has 0 aliphatic rings. The van der Waals surface area contributed by atoms with Crippen LogP contribution in [-0.2, 0) is 9.53 Å². The van der Waals surface area contributed by atoms with Crippen molar-refractivity contribution in [2.75, 3.05) is 6.61 Å². The van der Waals surface area contributed by atoms with Crippen molar-refractivity contribution in [3.8, 4) is 0 Å². The molecular weight excluding hydrogens is 304 g/mol. The van der Waals surface area contributed by atoms with E-state index < -0.39 is 23.8 Å². The molecule has 0 saturated heterocycles. The maximum atomic E-state index is 14.0. The number of hydrogen-bond acceptors (Lipinski definition) is 3. The van der Waals surface area contributed by atoms with Crippen LogP contribution < -0.4 is 5.32 Å². The van der Waals surface area contributed by atoms with Gasteiger partial charge in [-0.15, -0.1) is 0 Å². The molecule has 128 valence electrons. The largest absolute Gasteiger partial charge is 0.450 e. The van der Waals surface area contributed by atoms with E-state index in [0.29, 0.717) is 12.8 Å². The van der Waals surface area contributed by atoms with Gasteiger partial charge in [0.2, 0.25) is 0 Å². The van der Waals surface area contributed by atoms with Gasteiger partial charge in [0.1, 0.15) is 6.04 Å². The van der Waals surface area contributed by atoms with Gasteiger partial charge in [0.15, 0.2) is 17.4 Å². The third-order valence-corrected chi connectivity index (χ3v) is 3.38. The quantitative estimate of drug-likeness (QED) is 0.688. The van der Waals surface area contributed by atoms with Crippen LogP contribution in [0, 0.1) is 11.6 Å². The lowest BCUT2D eigenvalue weighted by Gasteiger charge is -2.18. The van der Waals surface area contributed by atoms with E-state index in [1.165, 1.54) is 12.1 Å². The Morgan fingerprint density at radius 3 is 2.52 bits per heavy atom. The second-order valence-corrected chi connectivity index (χ2v) is 5.28. The highest BCUT2D eigenvalue weighted by atomic mass is 19.2.